The molecule has 0 saturated carbocycles. The van der Waals surface area contributed by atoms with Gasteiger partial charge in [-0.2, -0.15) is 4.98 Å². The molecule has 1 aromatic heterocycles. The monoisotopic (exact) mass is 337 g/mol. The molecule has 128 valence electrons. The number of hydrogen-bond donors (Lipinski definition) is 1. The summed E-state index contributed by atoms with van der Waals surface area (Å²) in [4.78, 5) is 16.3. The van der Waals surface area contributed by atoms with Gasteiger partial charge in [0.1, 0.15) is 5.75 Å². The number of amides is 1. The fourth-order valence-electron chi connectivity index (χ4n) is 2.34. The largest absolute Gasteiger partial charge is 0.483 e. The minimum absolute atomic E-state index is 0.111. The van der Waals surface area contributed by atoms with Crippen LogP contribution in [0.5, 0.6) is 5.75 Å². The normalized spacial score (nSPS) is 10.5. The predicted molar refractivity (Wildman–Crippen MR) is 94.4 cm³/mol. The van der Waals surface area contributed by atoms with Crippen LogP contribution in [-0.2, 0) is 11.2 Å². The van der Waals surface area contributed by atoms with Crippen molar-refractivity contribution in [1.82, 2.24) is 10.1 Å². The standard InChI is InChI=1S/C19H19N3O3/c1-3-14-8-10-15(11-9-14)21-18(23)12-24-17-7-5-4-6-16(17)19-20-13(2)22-25-19/h4-11H,3,12H2,1-2H3,(H,21,23). The van der Waals surface area contributed by atoms with Gasteiger partial charge in [-0.3, -0.25) is 4.79 Å². The van der Waals surface area contributed by atoms with Crippen molar-refractivity contribution >= 4 is 11.6 Å². The van der Waals surface area contributed by atoms with Gasteiger partial charge >= 0.3 is 0 Å². The Morgan fingerprint density at radius 3 is 2.60 bits per heavy atom. The topological polar surface area (TPSA) is 77.2 Å². The maximum Gasteiger partial charge on any atom is 0.262 e. The van der Waals surface area contributed by atoms with Crippen molar-refractivity contribution in [2.75, 3.05) is 11.9 Å². The molecule has 0 spiro atoms. The molecule has 0 saturated heterocycles. The second-order valence-electron chi connectivity index (χ2n) is 5.53. The van der Waals surface area contributed by atoms with E-state index in [1.165, 1.54) is 5.56 Å². The van der Waals surface area contributed by atoms with Crippen LogP contribution in [0.4, 0.5) is 5.69 Å². The van der Waals surface area contributed by atoms with Gasteiger partial charge in [0.05, 0.1) is 5.56 Å². The third kappa shape index (κ3) is 4.23. The number of ether oxygens (including phenoxy) is 1. The van der Waals surface area contributed by atoms with Crippen molar-refractivity contribution in [2.45, 2.75) is 20.3 Å². The zero-order valence-electron chi connectivity index (χ0n) is 14.2. The van der Waals surface area contributed by atoms with Crippen molar-refractivity contribution < 1.29 is 14.1 Å². The average molecular weight is 337 g/mol. The molecule has 0 aliphatic rings. The highest BCUT2D eigenvalue weighted by molar-refractivity contribution is 5.92. The molecule has 0 radical (unpaired) electrons. The van der Waals surface area contributed by atoms with Crippen LogP contribution in [0.2, 0.25) is 0 Å². The van der Waals surface area contributed by atoms with Gasteiger partial charge in [0.25, 0.3) is 11.8 Å². The third-order valence-electron chi connectivity index (χ3n) is 3.65. The van der Waals surface area contributed by atoms with E-state index < -0.39 is 0 Å². The van der Waals surface area contributed by atoms with E-state index in [0.717, 1.165) is 12.1 Å². The second-order valence-corrected chi connectivity index (χ2v) is 5.53. The van der Waals surface area contributed by atoms with Crippen LogP contribution in [0.3, 0.4) is 0 Å². The highest BCUT2D eigenvalue weighted by atomic mass is 16.5. The number of carbonyl (C=O) groups is 1. The van der Waals surface area contributed by atoms with Gasteiger partial charge in [0.2, 0.25) is 0 Å². The fraction of sp³-hybridized carbons (Fsp3) is 0.211. The minimum Gasteiger partial charge on any atom is -0.483 e. The van der Waals surface area contributed by atoms with Crippen LogP contribution in [0.1, 0.15) is 18.3 Å². The van der Waals surface area contributed by atoms with Crippen molar-refractivity contribution in [3.63, 3.8) is 0 Å². The highest BCUT2D eigenvalue weighted by Gasteiger charge is 2.13. The third-order valence-corrected chi connectivity index (χ3v) is 3.65. The van der Waals surface area contributed by atoms with E-state index in [1.807, 2.05) is 42.5 Å². The Morgan fingerprint density at radius 1 is 1.16 bits per heavy atom. The Hall–Kier alpha value is -3.15. The summed E-state index contributed by atoms with van der Waals surface area (Å²) in [6.45, 7) is 3.72. The molecule has 1 amide bonds. The van der Waals surface area contributed by atoms with E-state index in [1.54, 1.807) is 13.0 Å². The summed E-state index contributed by atoms with van der Waals surface area (Å²) >= 11 is 0. The second kappa shape index (κ2) is 7.61. The minimum atomic E-state index is -0.235. The van der Waals surface area contributed by atoms with Crippen LogP contribution in [0.15, 0.2) is 53.1 Å². The highest BCUT2D eigenvalue weighted by Crippen LogP contribution is 2.28. The lowest BCUT2D eigenvalue weighted by Crippen LogP contribution is -2.20. The van der Waals surface area contributed by atoms with Crippen LogP contribution < -0.4 is 10.1 Å². The number of hydrogen-bond acceptors (Lipinski definition) is 5. The summed E-state index contributed by atoms with van der Waals surface area (Å²) in [5.74, 6) is 1.19. The molecule has 0 unspecified atom stereocenters. The number of nitrogens with one attached hydrogen (secondary N) is 1. The van der Waals surface area contributed by atoms with Gasteiger partial charge < -0.3 is 14.6 Å². The summed E-state index contributed by atoms with van der Waals surface area (Å²) in [5, 5.41) is 6.59. The maximum atomic E-state index is 12.1. The molecule has 1 N–H and O–H groups in total. The molecule has 3 rings (SSSR count). The van der Waals surface area contributed by atoms with Crippen molar-refractivity contribution in [3.8, 4) is 17.2 Å². The van der Waals surface area contributed by atoms with Gasteiger partial charge in [-0.1, -0.05) is 36.3 Å². The zero-order valence-corrected chi connectivity index (χ0v) is 14.2. The average Bonchev–Trinajstić information content (AvgIpc) is 3.07. The molecule has 0 atom stereocenters. The summed E-state index contributed by atoms with van der Waals surface area (Å²) in [5.41, 5.74) is 2.62. The van der Waals surface area contributed by atoms with Gasteiger partial charge in [-0.05, 0) is 43.2 Å². The first-order chi connectivity index (χ1) is 12.2. The molecule has 0 bridgehead atoms. The SMILES string of the molecule is CCc1ccc(NC(=O)COc2ccccc2-c2nc(C)no2)cc1. The molecule has 2 aromatic carbocycles. The lowest BCUT2D eigenvalue weighted by molar-refractivity contribution is -0.118. The number of benzene rings is 2. The number of carbonyl (C=O) groups excluding carboxylic acids is 1. The number of aromatic nitrogens is 2. The van der Waals surface area contributed by atoms with Gasteiger partial charge in [-0.25, -0.2) is 0 Å². The zero-order chi connectivity index (χ0) is 17.6. The summed E-state index contributed by atoms with van der Waals surface area (Å²) in [7, 11) is 0. The molecular formula is C19H19N3O3. The van der Waals surface area contributed by atoms with Gasteiger partial charge in [0.15, 0.2) is 12.4 Å². The van der Waals surface area contributed by atoms with Gasteiger partial charge in [0, 0.05) is 5.69 Å². The first kappa shape index (κ1) is 16.7. The molecule has 6 heteroatoms. The van der Waals surface area contributed by atoms with E-state index in [0.29, 0.717) is 23.0 Å². The van der Waals surface area contributed by atoms with E-state index >= 15 is 0 Å². The lowest BCUT2D eigenvalue weighted by Gasteiger charge is -2.10. The Kier molecular flexibility index (Phi) is 5.09. The van der Waals surface area contributed by atoms with Crippen LogP contribution in [0.25, 0.3) is 11.5 Å². The van der Waals surface area contributed by atoms with Crippen LogP contribution in [0, 0.1) is 6.92 Å². The number of para-hydroxylation sites is 1. The Labute approximate surface area is 145 Å². The van der Waals surface area contributed by atoms with Crippen LogP contribution >= 0.6 is 0 Å². The molecule has 0 aliphatic heterocycles. The fourth-order valence-corrected chi connectivity index (χ4v) is 2.34. The molecule has 1 heterocycles. The Bertz CT molecular complexity index is 856. The molecule has 0 aliphatic carbocycles. The molecular weight excluding hydrogens is 318 g/mol. The maximum absolute atomic E-state index is 12.1. The molecule has 3 aromatic rings. The van der Waals surface area contributed by atoms with E-state index in [4.69, 9.17) is 9.26 Å². The predicted octanol–water partition coefficient (Wildman–Crippen LogP) is 3.62. The van der Waals surface area contributed by atoms with Gasteiger partial charge in [-0.15, -0.1) is 0 Å². The lowest BCUT2D eigenvalue weighted by atomic mass is 10.1. The molecule has 25 heavy (non-hydrogen) atoms. The number of nitrogens with zero attached hydrogens (tertiary/aromatic N) is 2. The van der Waals surface area contributed by atoms with Crippen LogP contribution in [-0.4, -0.2) is 22.7 Å². The quantitative estimate of drug-likeness (QED) is 0.743. The van der Waals surface area contributed by atoms with E-state index in [2.05, 4.69) is 22.4 Å². The summed E-state index contributed by atoms with van der Waals surface area (Å²) in [6.07, 6.45) is 0.962. The number of rotatable bonds is 6. The first-order valence-corrected chi connectivity index (χ1v) is 8.07. The molecule has 6 nitrogen and oxygen atoms in total. The van der Waals surface area contributed by atoms with E-state index in [9.17, 15) is 4.79 Å². The first-order valence-electron chi connectivity index (χ1n) is 8.07. The summed E-state index contributed by atoms with van der Waals surface area (Å²) < 4.78 is 10.8. The summed E-state index contributed by atoms with van der Waals surface area (Å²) in [6, 6.07) is 15.0. The smallest absolute Gasteiger partial charge is 0.262 e. The number of anilines is 1. The van der Waals surface area contributed by atoms with Crippen molar-refractivity contribution in [3.05, 3.63) is 59.9 Å². The Morgan fingerprint density at radius 2 is 1.92 bits per heavy atom. The van der Waals surface area contributed by atoms with E-state index in [-0.39, 0.29) is 12.5 Å². The Balaban J connectivity index is 1.64. The van der Waals surface area contributed by atoms with Crippen molar-refractivity contribution in [1.29, 1.82) is 0 Å². The molecule has 0 fully saturated rings. The van der Waals surface area contributed by atoms with Crippen molar-refractivity contribution in [2.24, 2.45) is 0 Å². The number of aryl methyl sites for hydroxylation is 2.